The molecule has 1 saturated carbocycles. The molecule has 1 aliphatic rings. The number of nitrogens with zero attached hydrogens (tertiary/aromatic N) is 2. The number of nitrogens with one attached hydrogen (secondary N) is 3. The monoisotopic (exact) mass is 479 g/mol. The van der Waals surface area contributed by atoms with E-state index in [1.807, 2.05) is 48.5 Å². The van der Waals surface area contributed by atoms with Crippen LogP contribution in [0.15, 0.2) is 79.1 Å². The lowest BCUT2D eigenvalue weighted by molar-refractivity contribution is -0.121. The molecule has 0 aliphatic heterocycles. The quantitative estimate of drug-likeness (QED) is 0.308. The predicted octanol–water partition coefficient (Wildman–Crippen LogP) is 6.16. The molecule has 0 radical (unpaired) electrons. The Kier molecular flexibility index (Phi) is 6.89. The van der Waals surface area contributed by atoms with Gasteiger partial charge < -0.3 is 15.6 Å². The van der Waals surface area contributed by atoms with E-state index in [9.17, 15) is 9.59 Å². The Hall–Kier alpha value is -4.26. The molecule has 2 heterocycles. The van der Waals surface area contributed by atoms with Crippen molar-refractivity contribution in [1.29, 1.82) is 0 Å². The fraction of sp³-hybridized carbons (Fsp3) is 0.241. The van der Waals surface area contributed by atoms with Crippen molar-refractivity contribution in [1.82, 2.24) is 15.0 Å². The van der Waals surface area contributed by atoms with Gasteiger partial charge in [-0.05, 0) is 85.7 Å². The van der Waals surface area contributed by atoms with Crippen molar-refractivity contribution in [3.05, 3.63) is 84.8 Å². The number of carbonyl (C=O) groups is 2. The van der Waals surface area contributed by atoms with Gasteiger partial charge >= 0.3 is 0 Å². The van der Waals surface area contributed by atoms with Gasteiger partial charge in [0, 0.05) is 29.1 Å². The number of pyridine rings is 1. The number of amides is 2. The minimum atomic E-state index is -0.253. The number of hydrogen-bond donors (Lipinski definition) is 3. The topological polar surface area (TPSA) is 99.8 Å². The lowest BCUT2D eigenvalue weighted by Crippen LogP contribution is -2.26. The van der Waals surface area contributed by atoms with E-state index in [4.69, 9.17) is 0 Å². The van der Waals surface area contributed by atoms with Crippen LogP contribution in [0.5, 0.6) is 0 Å². The molecular weight excluding hydrogens is 450 g/mol. The highest BCUT2D eigenvalue weighted by Gasteiger charge is 2.24. The first-order valence-electron chi connectivity index (χ1n) is 12.3. The SMILES string of the molecule is CC1CCC(C(=O)Nc2ccc(-c3cnc(-c4ccc(NC(=O)c5ccccn5)cc4)[nH]3)cc2)CC1. The Bertz CT molecular complexity index is 1320. The van der Waals surface area contributed by atoms with E-state index in [0.717, 1.165) is 59.9 Å². The van der Waals surface area contributed by atoms with Crippen LogP contribution in [0.2, 0.25) is 0 Å². The van der Waals surface area contributed by atoms with E-state index in [1.54, 1.807) is 30.6 Å². The van der Waals surface area contributed by atoms with Crippen LogP contribution in [0.3, 0.4) is 0 Å². The summed E-state index contributed by atoms with van der Waals surface area (Å²) in [6, 6.07) is 20.5. The number of carbonyl (C=O) groups excluding carboxylic acids is 2. The second kappa shape index (κ2) is 10.6. The number of anilines is 2. The molecule has 5 rings (SSSR count). The van der Waals surface area contributed by atoms with Crippen LogP contribution in [0.4, 0.5) is 11.4 Å². The zero-order valence-electron chi connectivity index (χ0n) is 20.2. The molecule has 1 aliphatic carbocycles. The highest BCUT2D eigenvalue weighted by molar-refractivity contribution is 6.02. The summed E-state index contributed by atoms with van der Waals surface area (Å²) in [5, 5.41) is 5.91. The number of aromatic amines is 1. The van der Waals surface area contributed by atoms with Crippen LogP contribution < -0.4 is 10.6 Å². The van der Waals surface area contributed by atoms with Gasteiger partial charge in [0.1, 0.15) is 11.5 Å². The molecule has 7 heteroatoms. The van der Waals surface area contributed by atoms with Crippen molar-refractivity contribution < 1.29 is 9.59 Å². The molecule has 1 fully saturated rings. The number of benzene rings is 2. The smallest absolute Gasteiger partial charge is 0.274 e. The van der Waals surface area contributed by atoms with Crippen molar-refractivity contribution in [3.63, 3.8) is 0 Å². The second-order valence-electron chi connectivity index (χ2n) is 9.42. The highest BCUT2D eigenvalue weighted by Crippen LogP contribution is 2.30. The number of H-pyrrole nitrogens is 1. The van der Waals surface area contributed by atoms with Crippen molar-refractivity contribution in [3.8, 4) is 22.6 Å². The Balaban J connectivity index is 1.20. The largest absolute Gasteiger partial charge is 0.338 e. The maximum absolute atomic E-state index is 12.6. The van der Waals surface area contributed by atoms with Crippen molar-refractivity contribution in [2.45, 2.75) is 32.6 Å². The molecule has 2 aromatic carbocycles. The van der Waals surface area contributed by atoms with Crippen molar-refractivity contribution in [2.75, 3.05) is 10.6 Å². The molecule has 0 atom stereocenters. The third kappa shape index (κ3) is 5.51. The molecular formula is C29H29N5O2. The average molecular weight is 480 g/mol. The molecule has 2 aromatic heterocycles. The molecule has 7 nitrogen and oxygen atoms in total. The molecule has 2 amide bonds. The Labute approximate surface area is 210 Å². The second-order valence-corrected chi connectivity index (χ2v) is 9.42. The van der Waals surface area contributed by atoms with Crippen LogP contribution in [0, 0.1) is 11.8 Å². The Morgan fingerprint density at radius 2 is 1.47 bits per heavy atom. The van der Waals surface area contributed by atoms with Gasteiger partial charge in [-0.15, -0.1) is 0 Å². The molecule has 182 valence electrons. The summed E-state index contributed by atoms with van der Waals surface area (Å²) < 4.78 is 0. The summed E-state index contributed by atoms with van der Waals surface area (Å²) in [4.78, 5) is 36.8. The first-order chi connectivity index (χ1) is 17.5. The number of rotatable bonds is 6. The van der Waals surface area contributed by atoms with Gasteiger partial charge in [-0.1, -0.05) is 25.1 Å². The lowest BCUT2D eigenvalue weighted by Gasteiger charge is -2.25. The fourth-order valence-corrected chi connectivity index (χ4v) is 4.52. The molecule has 0 unspecified atom stereocenters. The summed E-state index contributed by atoms with van der Waals surface area (Å²) in [5.41, 5.74) is 4.63. The summed E-state index contributed by atoms with van der Waals surface area (Å²) in [6.07, 6.45) is 7.58. The van der Waals surface area contributed by atoms with Gasteiger partial charge in [-0.3, -0.25) is 14.6 Å². The van der Waals surface area contributed by atoms with Crippen LogP contribution in [-0.4, -0.2) is 26.8 Å². The van der Waals surface area contributed by atoms with Gasteiger partial charge in [-0.25, -0.2) is 4.98 Å². The van der Waals surface area contributed by atoms with E-state index in [0.29, 0.717) is 11.4 Å². The van der Waals surface area contributed by atoms with E-state index in [-0.39, 0.29) is 17.7 Å². The third-order valence-electron chi connectivity index (χ3n) is 6.74. The molecule has 0 bridgehead atoms. The van der Waals surface area contributed by atoms with E-state index < -0.39 is 0 Å². The van der Waals surface area contributed by atoms with E-state index in [2.05, 4.69) is 32.5 Å². The van der Waals surface area contributed by atoms with Crippen LogP contribution in [0.25, 0.3) is 22.6 Å². The molecule has 3 N–H and O–H groups in total. The Morgan fingerprint density at radius 3 is 2.14 bits per heavy atom. The van der Waals surface area contributed by atoms with Crippen molar-refractivity contribution >= 4 is 23.2 Å². The summed E-state index contributed by atoms with van der Waals surface area (Å²) in [5.74, 6) is 1.45. The maximum Gasteiger partial charge on any atom is 0.274 e. The minimum absolute atomic E-state index is 0.116. The summed E-state index contributed by atoms with van der Waals surface area (Å²) >= 11 is 0. The van der Waals surface area contributed by atoms with Gasteiger partial charge in [0.25, 0.3) is 5.91 Å². The van der Waals surface area contributed by atoms with Crippen molar-refractivity contribution in [2.24, 2.45) is 11.8 Å². The van der Waals surface area contributed by atoms with Gasteiger partial charge in [0.15, 0.2) is 0 Å². The third-order valence-corrected chi connectivity index (χ3v) is 6.74. The molecule has 36 heavy (non-hydrogen) atoms. The maximum atomic E-state index is 12.6. The first kappa shape index (κ1) is 23.5. The normalized spacial score (nSPS) is 17.4. The van der Waals surface area contributed by atoms with Crippen LogP contribution >= 0.6 is 0 Å². The minimum Gasteiger partial charge on any atom is -0.338 e. The summed E-state index contributed by atoms with van der Waals surface area (Å²) in [7, 11) is 0. The van der Waals surface area contributed by atoms with Crippen LogP contribution in [0.1, 0.15) is 43.1 Å². The zero-order chi connectivity index (χ0) is 24.9. The first-order valence-corrected chi connectivity index (χ1v) is 12.3. The van der Waals surface area contributed by atoms with E-state index in [1.165, 1.54) is 0 Å². The van der Waals surface area contributed by atoms with Gasteiger partial charge in [0.2, 0.25) is 5.91 Å². The molecule has 0 spiro atoms. The van der Waals surface area contributed by atoms with E-state index >= 15 is 0 Å². The number of imidazole rings is 1. The van der Waals surface area contributed by atoms with Crippen LogP contribution in [-0.2, 0) is 4.79 Å². The predicted molar refractivity (Wildman–Crippen MR) is 141 cm³/mol. The van der Waals surface area contributed by atoms with Gasteiger partial charge in [0.05, 0.1) is 11.9 Å². The number of aromatic nitrogens is 3. The molecule has 0 saturated heterocycles. The molecule has 4 aromatic rings. The highest BCUT2D eigenvalue weighted by atomic mass is 16.2. The van der Waals surface area contributed by atoms with Gasteiger partial charge in [-0.2, -0.15) is 0 Å². The standard InChI is InChI=1S/C29H29N5O2/c1-19-5-7-22(8-6-19)28(35)32-23-13-9-20(10-14-23)26-18-31-27(34-26)21-11-15-24(16-12-21)33-29(36)25-4-2-3-17-30-25/h2-4,9-19,22H,5-8H2,1H3,(H,31,34)(H,32,35)(H,33,36). The Morgan fingerprint density at radius 1 is 0.806 bits per heavy atom. The summed E-state index contributed by atoms with van der Waals surface area (Å²) in [6.45, 7) is 2.26. The zero-order valence-corrected chi connectivity index (χ0v) is 20.2. The lowest BCUT2D eigenvalue weighted by atomic mass is 9.82. The number of hydrogen-bond acceptors (Lipinski definition) is 4. The fourth-order valence-electron chi connectivity index (χ4n) is 4.52. The average Bonchev–Trinajstić information content (AvgIpc) is 3.41.